The fourth-order valence-corrected chi connectivity index (χ4v) is 3.88. The van der Waals surface area contributed by atoms with Crippen molar-refractivity contribution in [3.8, 4) is 0 Å². The maximum atomic E-state index is 13.3. The molecule has 1 saturated heterocycles. The second-order valence-corrected chi connectivity index (χ2v) is 13.6. The van der Waals surface area contributed by atoms with E-state index in [1.54, 1.807) is 25.3 Å². The zero-order valence-corrected chi connectivity index (χ0v) is 29.8. The number of piperidine rings is 1. The van der Waals surface area contributed by atoms with E-state index in [1.165, 1.54) is 25.6 Å². The van der Waals surface area contributed by atoms with Crippen LogP contribution in [0, 0.1) is 17.8 Å². The summed E-state index contributed by atoms with van der Waals surface area (Å²) in [5, 5.41) is 4.42. The van der Waals surface area contributed by atoms with Crippen LogP contribution in [0.5, 0.6) is 0 Å². The van der Waals surface area contributed by atoms with Crippen LogP contribution in [0.15, 0.2) is 6.20 Å². The Morgan fingerprint density at radius 1 is 1.14 bits per heavy atom. The summed E-state index contributed by atoms with van der Waals surface area (Å²) < 4.78 is 10.0. The van der Waals surface area contributed by atoms with Gasteiger partial charge in [-0.3, -0.25) is 19.2 Å². The van der Waals surface area contributed by atoms with E-state index in [2.05, 4.69) is 36.1 Å². The first kappa shape index (κ1) is 41.4. The largest absolute Gasteiger partial charge is 0.385 e. The Kier molecular flexibility index (Phi) is 19.2. The molecule has 2 atom stereocenters. The number of ether oxygens (including phenoxy) is 2. The summed E-state index contributed by atoms with van der Waals surface area (Å²) >= 11 is 0. The molecule has 1 aromatic heterocycles. The van der Waals surface area contributed by atoms with Crippen LogP contribution in [0.3, 0.4) is 0 Å². The van der Waals surface area contributed by atoms with Crippen molar-refractivity contribution < 1.29 is 28.7 Å². The van der Waals surface area contributed by atoms with Crippen molar-refractivity contribution >= 4 is 23.9 Å². The number of nitrogens with one attached hydrogen (secondary N) is 1. The lowest BCUT2D eigenvalue weighted by molar-refractivity contribution is -0.175. The molecule has 0 aromatic carbocycles. The highest BCUT2D eigenvalue weighted by atomic mass is 16.7. The number of aromatic nitrogens is 2. The fraction of sp³-hybridized carbons (Fsp3) is 0.788. The number of anilines is 1. The molecule has 11 heteroatoms. The fourth-order valence-electron chi connectivity index (χ4n) is 3.88. The Morgan fingerprint density at radius 2 is 1.73 bits per heavy atom. The standard InChI is InChI=1S/C23H37N5O5.C5H12O.C5H12/c1-23(2,3)22-25-12-18(20(26-22)24-8-7-9-32-5)19(30)11-16-10-17(14-28(13-16)15-29)21(31)27(4)33-6;1-5(2,3)6-4;1-4-5(2)3/h12,15-17H,7-11,13-14H2,1-6H3,(H,24,25,26);1-4H3;5H,4H2,1-3H3. The third kappa shape index (κ3) is 16.4. The van der Waals surface area contributed by atoms with E-state index in [4.69, 9.17) is 14.3 Å². The van der Waals surface area contributed by atoms with Crippen molar-refractivity contribution in [3.05, 3.63) is 17.6 Å². The lowest BCUT2D eigenvalue weighted by Gasteiger charge is -2.36. The van der Waals surface area contributed by atoms with Gasteiger partial charge in [-0.25, -0.2) is 15.0 Å². The topological polar surface area (TPSA) is 123 Å². The van der Waals surface area contributed by atoms with Gasteiger partial charge in [-0.2, -0.15) is 0 Å². The minimum atomic E-state index is -0.419. The molecule has 11 nitrogen and oxygen atoms in total. The number of rotatable bonds is 12. The number of carbonyl (C=O) groups excluding carboxylic acids is 3. The maximum Gasteiger partial charge on any atom is 0.250 e. The van der Waals surface area contributed by atoms with Crippen LogP contribution in [-0.2, 0) is 29.3 Å². The van der Waals surface area contributed by atoms with Crippen molar-refractivity contribution in [2.24, 2.45) is 17.8 Å². The number of ketones is 1. The van der Waals surface area contributed by atoms with Gasteiger partial charge in [0.2, 0.25) is 6.41 Å². The number of nitrogens with zero attached hydrogens (tertiary/aromatic N) is 4. The summed E-state index contributed by atoms with van der Waals surface area (Å²) in [5.41, 5.74) is 0.194. The second-order valence-electron chi connectivity index (χ2n) is 13.6. The summed E-state index contributed by atoms with van der Waals surface area (Å²) in [5.74, 6) is 1.14. The molecule has 0 aliphatic carbocycles. The van der Waals surface area contributed by atoms with E-state index >= 15 is 0 Å². The predicted molar refractivity (Wildman–Crippen MR) is 176 cm³/mol. The van der Waals surface area contributed by atoms with Crippen LogP contribution in [0.1, 0.15) is 104 Å². The highest BCUT2D eigenvalue weighted by molar-refractivity contribution is 6.00. The van der Waals surface area contributed by atoms with Crippen molar-refractivity contribution in [3.63, 3.8) is 0 Å². The molecule has 2 rings (SSSR count). The van der Waals surface area contributed by atoms with Crippen LogP contribution in [0.2, 0.25) is 0 Å². The van der Waals surface area contributed by atoms with Gasteiger partial charge in [-0.15, -0.1) is 0 Å². The molecule has 0 radical (unpaired) electrons. The van der Waals surface area contributed by atoms with Crippen molar-refractivity contribution in [1.82, 2.24) is 19.9 Å². The number of methoxy groups -OCH3 is 2. The van der Waals surface area contributed by atoms with Gasteiger partial charge in [0.25, 0.3) is 5.91 Å². The lowest BCUT2D eigenvalue weighted by atomic mass is 9.85. The SMILES string of the molecule is CCC(C)C.COC(C)(C)C.COCCCNc1nc(C(C)(C)C)ncc1C(=O)CC1CC(C(=O)N(C)OC)CN(C=O)C1. The smallest absolute Gasteiger partial charge is 0.250 e. The van der Waals surface area contributed by atoms with Gasteiger partial charge in [0, 0.05) is 65.5 Å². The van der Waals surface area contributed by atoms with Crippen LogP contribution >= 0.6 is 0 Å². The highest BCUT2D eigenvalue weighted by Gasteiger charge is 2.34. The molecule has 44 heavy (non-hydrogen) atoms. The van der Waals surface area contributed by atoms with Crippen LogP contribution in [0.25, 0.3) is 0 Å². The number of carbonyl (C=O) groups is 3. The summed E-state index contributed by atoms with van der Waals surface area (Å²) in [7, 11) is 6.31. The van der Waals surface area contributed by atoms with E-state index in [0.29, 0.717) is 49.9 Å². The summed E-state index contributed by atoms with van der Waals surface area (Å²) in [4.78, 5) is 53.0. The van der Waals surface area contributed by atoms with E-state index in [9.17, 15) is 14.4 Å². The predicted octanol–water partition coefficient (Wildman–Crippen LogP) is 5.39. The van der Waals surface area contributed by atoms with Gasteiger partial charge < -0.3 is 19.7 Å². The molecule has 254 valence electrons. The van der Waals surface area contributed by atoms with Gasteiger partial charge in [0.1, 0.15) is 11.6 Å². The third-order valence-corrected chi connectivity index (χ3v) is 7.13. The van der Waals surface area contributed by atoms with E-state index < -0.39 is 5.92 Å². The van der Waals surface area contributed by atoms with Crippen LogP contribution in [-0.4, -0.2) is 98.3 Å². The molecule has 2 amide bonds. The molecule has 2 heterocycles. The van der Waals surface area contributed by atoms with Gasteiger partial charge in [0.05, 0.1) is 24.2 Å². The monoisotopic (exact) mass is 623 g/mol. The third-order valence-electron chi connectivity index (χ3n) is 7.13. The lowest BCUT2D eigenvalue weighted by Crippen LogP contribution is -2.46. The van der Waals surface area contributed by atoms with Gasteiger partial charge in [-0.05, 0) is 45.4 Å². The highest BCUT2D eigenvalue weighted by Crippen LogP contribution is 2.28. The average Bonchev–Trinajstić information content (AvgIpc) is 2.97. The molecule has 0 bridgehead atoms. The summed E-state index contributed by atoms with van der Waals surface area (Å²) in [6, 6.07) is 0. The number of amides is 2. The number of hydroxylamine groups is 2. The van der Waals surface area contributed by atoms with Gasteiger partial charge in [0.15, 0.2) is 5.78 Å². The van der Waals surface area contributed by atoms with Gasteiger partial charge >= 0.3 is 0 Å². The number of likely N-dealkylation sites (tertiary alicyclic amines) is 1. The van der Waals surface area contributed by atoms with Crippen molar-refractivity contribution in [2.45, 2.75) is 99.0 Å². The first-order valence-electron chi connectivity index (χ1n) is 15.6. The van der Waals surface area contributed by atoms with E-state index in [1.807, 2.05) is 41.5 Å². The summed E-state index contributed by atoms with van der Waals surface area (Å²) in [6.07, 6.45) is 5.08. The molecular weight excluding hydrogens is 562 g/mol. The van der Waals surface area contributed by atoms with E-state index in [0.717, 1.165) is 18.7 Å². The van der Waals surface area contributed by atoms with Crippen molar-refractivity contribution in [1.29, 1.82) is 0 Å². The Bertz CT molecular complexity index is 990. The minimum absolute atomic E-state index is 0.0417. The molecule has 0 spiro atoms. The van der Waals surface area contributed by atoms with Crippen LogP contribution in [0.4, 0.5) is 5.82 Å². The number of hydrogen-bond donors (Lipinski definition) is 1. The number of Topliss-reactive ketones (excluding diaryl/α,β-unsaturated/α-hetero) is 1. The number of hydrogen-bond acceptors (Lipinski definition) is 9. The molecule has 1 fully saturated rings. The van der Waals surface area contributed by atoms with Crippen LogP contribution < -0.4 is 5.32 Å². The minimum Gasteiger partial charge on any atom is -0.385 e. The normalized spacial score (nSPS) is 16.7. The Balaban J connectivity index is 0.00000143. The second kappa shape index (κ2) is 20.4. The summed E-state index contributed by atoms with van der Waals surface area (Å²) in [6.45, 7) is 20.7. The Labute approximate surface area is 266 Å². The van der Waals surface area contributed by atoms with Gasteiger partial charge in [-0.1, -0.05) is 48.0 Å². The molecule has 1 aliphatic heterocycles. The van der Waals surface area contributed by atoms with E-state index in [-0.39, 0.29) is 35.0 Å². The van der Waals surface area contributed by atoms with Crippen molar-refractivity contribution in [2.75, 3.05) is 59.9 Å². The molecule has 0 saturated carbocycles. The quantitative estimate of drug-likeness (QED) is 0.141. The Morgan fingerprint density at radius 3 is 2.18 bits per heavy atom. The average molecular weight is 624 g/mol. The maximum absolute atomic E-state index is 13.3. The Hall–Kier alpha value is -2.63. The molecule has 2 unspecified atom stereocenters. The molecule has 1 N–H and O–H groups in total. The molecular formula is C33H61N5O6. The molecule has 1 aromatic rings. The first-order valence-corrected chi connectivity index (χ1v) is 15.6. The molecule has 1 aliphatic rings. The zero-order valence-electron chi connectivity index (χ0n) is 29.8. The zero-order chi connectivity index (χ0) is 34.1. The first-order chi connectivity index (χ1) is 20.4.